The van der Waals surface area contributed by atoms with Crippen LogP contribution in [0.4, 0.5) is 4.39 Å². The van der Waals surface area contributed by atoms with E-state index in [1.807, 2.05) is 4.90 Å². The van der Waals surface area contributed by atoms with Crippen LogP contribution in [0.25, 0.3) is 10.9 Å². The van der Waals surface area contributed by atoms with E-state index in [4.69, 9.17) is 0 Å². The maximum atomic E-state index is 13.9. The maximum Gasteiger partial charge on any atom is 0.270 e. The molecule has 0 aliphatic heterocycles. The monoisotopic (exact) mass is 333 g/mol. The number of halogens is 1. The third-order valence-electron chi connectivity index (χ3n) is 4.29. The molecule has 0 fully saturated rings. The maximum absolute atomic E-state index is 13.9. The van der Waals surface area contributed by atoms with Crippen LogP contribution in [-0.2, 0) is 0 Å². The van der Waals surface area contributed by atoms with Crippen LogP contribution in [0.15, 0.2) is 24.3 Å². The number of nitrogens with zero attached hydrogens (tertiary/aromatic N) is 2. The van der Waals surface area contributed by atoms with E-state index in [0.717, 1.165) is 19.6 Å². The van der Waals surface area contributed by atoms with E-state index in [2.05, 4.69) is 37.6 Å². The number of carbonyl (C=O) groups excluding carboxylic acids is 1. The highest BCUT2D eigenvalue weighted by Gasteiger charge is 2.20. The molecule has 1 amide bonds. The first-order valence-electron chi connectivity index (χ1n) is 8.75. The van der Waals surface area contributed by atoms with Crippen molar-refractivity contribution in [2.45, 2.75) is 27.7 Å². The molecule has 5 heteroatoms. The minimum atomic E-state index is -0.304. The molecule has 0 spiro atoms. The quantitative estimate of drug-likeness (QED) is 0.799. The highest BCUT2D eigenvalue weighted by molar-refractivity contribution is 5.98. The van der Waals surface area contributed by atoms with E-state index in [9.17, 15) is 9.18 Å². The number of rotatable bonds is 8. The summed E-state index contributed by atoms with van der Waals surface area (Å²) in [5.41, 5.74) is 1.11. The van der Waals surface area contributed by atoms with Gasteiger partial charge in [-0.3, -0.25) is 4.79 Å². The fraction of sp³-hybridized carbons (Fsp3) is 0.526. The number of aromatic nitrogens is 1. The van der Waals surface area contributed by atoms with Crippen molar-refractivity contribution in [1.29, 1.82) is 0 Å². The predicted molar refractivity (Wildman–Crippen MR) is 96.8 cm³/mol. The molecular weight excluding hydrogens is 305 g/mol. The molecule has 1 aromatic heterocycles. The number of nitrogens with one attached hydrogen (secondary N) is 1. The number of carbonyl (C=O) groups is 1. The molecule has 0 atom stereocenters. The van der Waals surface area contributed by atoms with Crippen LogP contribution in [0.3, 0.4) is 0 Å². The molecule has 1 heterocycles. The summed E-state index contributed by atoms with van der Waals surface area (Å²) in [6.45, 7) is 12.6. The lowest BCUT2D eigenvalue weighted by molar-refractivity contribution is 0.0711. The molecule has 0 saturated heterocycles. The SMILES string of the molecule is CCN(CC)CCN(CC(C)C)C(=O)c1cc2c(F)cccc2[nH]1. The Bertz CT molecular complexity index is 676. The lowest BCUT2D eigenvalue weighted by atomic mass is 10.2. The molecule has 0 aliphatic rings. The predicted octanol–water partition coefficient (Wildman–Crippen LogP) is 3.75. The van der Waals surface area contributed by atoms with Crippen LogP contribution in [0.1, 0.15) is 38.2 Å². The Kier molecular flexibility index (Phi) is 6.37. The van der Waals surface area contributed by atoms with Gasteiger partial charge in [0.2, 0.25) is 0 Å². The van der Waals surface area contributed by atoms with Gasteiger partial charge in [-0.15, -0.1) is 0 Å². The number of fused-ring (bicyclic) bond motifs is 1. The van der Waals surface area contributed by atoms with Crippen molar-refractivity contribution in [1.82, 2.24) is 14.8 Å². The highest BCUT2D eigenvalue weighted by Crippen LogP contribution is 2.20. The third kappa shape index (κ3) is 4.35. The fourth-order valence-electron chi connectivity index (χ4n) is 2.92. The van der Waals surface area contributed by atoms with Crippen molar-refractivity contribution in [2.75, 3.05) is 32.7 Å². The number of amides is 1. The molecule has 132 valence electrons. The van der Waals surface area contributed by atoms with Crippen molar-refractivity contribution in [3.63, 3.8) is 0 Å². The van der Waals surface area contributed by atoms with Gasteiger partial charge in [-0.05, 0) is 37.2 Å². The van der Waals surface area contributed by atoms with Gasteiger partial charge in [0.15, 0.2) is 0 Å². The third-order valence-corrected chi connectivity index (χ3v) is 4.29. The van der Waals surface area contributed by atoms with Gasteiger partial charge in [0.1, 0.15) is 11.5 Å². The van der Waals surface area contributed by atoms with E-state index < -0.39 is 0 Å². The molecule has 2 aromatic rings. The summed E-state index contributed by atoms with van der Waals surface area (Å²) in [7, 11) is 0. The van der Waals surface area contributed by atoms with Crippen LogP contribution in [0.5, 0.6) is 0 Å². The van der Waals surface area contributed by atoms with Crippen molar-refractivity contribution >= 4 is 16.8 Å². The van der Waals surface area contributed by atoms with E-state index in [1.165, 1.54) is 6.07 Å². The normalized spacial score (nSPS) is 11.6. The first-order chi connectivity index (χ1) is 11.5. The first-order valence-corrected chi connectivity index (χ1v) is 8.75. The fourth-order valence-corrected chi connectivity index (χ4v) is 2.92. The van der Waals surface area contributed by atoms with Gasteiger partial charge >= 0.3 is 0 Å². The molecule has 0 unspecified atom stereocenters. The Morgan fingerprint density at radius 1 is 1.21 bits per heavy atom. The Hall–Kier alpha value is -1.88. The Labute approximate surface area is 143 Å². The van der Waals surface area contributed by atoms with Crippen molar-refractivity contribution in [3.05, 3.63) is 35.8 Å². The van der Waals surface area contributed by atoms with Crippen LogP contribution in [0, 0.1) is 11.7 Å². The van der Waals surface area contributed by atoms with Gasteiger partial charge in [-0.1, -0.05) is 33.8 Å². The average Bonchev–Trinajstić information content (AvgIpc) is 2.99. The molecule has 24 heavy (non-hydrogen) atoms. The van der Waals surface area contributed by atoms with Gasteiger partial charge in [0.05, 0.1) is 0 Å². The number of hydrogen-bond donors (Lipinski definition) is 1. The van der Waals surface area contributed by atoms with Crippen molar-refractivity contribution < 1.29 is 9.18 Å². The Morgan fingerprint density at radius 2 is 1.92 bits per heavy atom. The molecule has 0 aliphatic carbocycles. The molecular formula is C19H28FN3O. The average molecular weight is 333 g/mol. The minimum Gasteiger partial charge on any atom is -0.350 e. The largest absolute Gasteiger partial charge is 0.350 e. The molecule has 1 N–H and O–H groups in total. The van der Waals surface area contributed by atoms with E-state index in [0.29, 0.717) is 35.6 Å². The zero-order valence-corrected chi connectivity index (χ0v) is 15.1. The molecule has 0 bridgehead atoms. The van der Waals surface area contributed by atoms with Crippen LogP contribution in [0.2, 0.25) is 0 Å². The smallest absolute Gasteiger partial charge is 0.270 e. The van der Waals surface area contributed by atoms with E-state index in [-0.39, 0.29) is 11.7 Å². The van der Waals surface area contributed by atoms with Gasteiger partial charge in [-0.2, -0.15) is 0 Å². The second kappa shape index (κ2) is 8.29. The summed E-state index contributed by atoms with van der Waals surface area (Å²) in [5, 5.41) is 0.467. The van der Waals surface area contributed by atoms with Gasteiger partial charge in [0.25, 0.3) is 5.91 Å². The number of likely N-dealkylation sites (N-methyl/N-ethyl adjacent to an activating group) is 1. The summed E-state index contributed by atoms with van der Waals surface area (Å²) >= 11 is 0. The van der Waals surface area contributed by atoms with Crippen molar-refractivity contribution in [3.8, 4) is 0 Å². The number of hydrogen-bond acceptors (Lipinski definition) is 2. The lowest BCUT2D eigenvalue weighted by Crippen LogP contribution is -2.40. The second-order valence-corrected chi connectivity index (χ2v) is 6.56. The molecule has 4 nitrogen and oxygen atoms in total. The number of H-pyrrole nitrogens is 1. The number of benzene rings is 1. The lowest BCUT2D eigenvalue weighted by Gasteiger charge is -2.27. The van der Waals surface area contributed by atoms with Crippen LogP contribution in [-0.4, -0.2) is 53.4 Å². The standard InChI is InChI=1S/C19H28FN3O/c1-5-22(6-2)10-11-23(13-14(3)4)19(24)18-12-15-16(20)8-7-9-17(15)21-18/h7-9,12,14,21H,5-6,10-11,13H2,1-4H3. The van der Waals surface area contributed by atoms with Gasteiger partial charge < -0.3 is 14.8 Å². The summed E-state index contributed by atoms with van der Waals surface area (Å²) in [5.74, 6) is 0.0135. The highest BCUT2D eigenvalue weighted by atomic mass is 19.1. The molecule has 1 aromatic carbocycles. The zero-order chi connectivity index (χ0) is 17.7. The van der Waals surface area contributed by atoms with Crippen molar-refractivity contribution in [2.24, 2.45) is 5.92 Å². The van der Waals surface area contributed by atoms with Crippen LogP contribution >= 0.6 is 0 Å². The van der Waals surface area contributed by atoms with E-state index >= 15 is 0 Å². The summed E-state index contributed by atoms with van der Waals surface area (Å²) in [4.78, 5) is 20.1. The van der Waals surface area contributed by atoms with Gasteiger partial charge in [0, 0.05) is 30.5 Å². The summed E-state index contributed by atoms with van der Waals surface area (Å²) < 4.78 is 13.9. The second-order valence-electron chi connectivity index (χ2n) is 6.56. The first kappa shape index (κ1) is 18.5. The molecule has 0 saturated carbocycles. The Morgan fingerprint density at radius 3 is 2.50 bits per heavy atom. The zero-order valence-electron chi connectivity index (χ0n) is 15.1. The Balaban J connectivity index is 2.20. The summed E-state index contributed by atoms with van der Waals surface area (Å²) in [6, 6.07) is 6.47. The molecule has 0 radical (unpaired) electrons. The van der Waals surface area contributed by atoms with E-state index in [1.54, 1.807) is 18.2 Å². The molecule has 2 rings (SSSR count). The minimum absolute atomic E-state index is 0.0635. The van der Waals surface area contributed by atoms with Gasteiger partial charge in [-0.25, -0.2) is 4.39 Å². The van der Waals surface area contributed by atoms with Crippen LogP contribution < -0.4 is 0 Å². The number of aromatic amines is 1. The summed E-state index contributed by atoms with van der Waals surface area (Å²) in [6.07, 6.45) is 0. The topological polar surface area (TPSA) is 39.3 Å².